The Morgan fingerprint density at radius 3 is 2.72 bits per heavy atom. The molecule has 1 heterocycles. The van der Waals surface area contributed by atoms with Gasteiger partial charge in [-0.25, -0.2) is 4.98 Å². The Balaban J connectivity index is 2.03. The van der Waals surface area contributed by atoms with E-state index in [1.807, 2.05) is 44.4 Å². The SMILES string of the molecule is Cc1ccc(C(=O)NCc2nc(C)cs2)c(C)c1. The van der Waals surface area contributed by atoms with Crippen LogP contribution in [0.25, 0.3) is 0 Å². The van der Waals surface area contributed by atoms with Gasteiger partial charge in [-0.05, 0) is 32.4 Å². The van der Waals surface area contributed by atoms with Gasteiger partial charge in [0.1, 0.15) is 5.01 Å². The van der Waals surface area contributed by atoms with Gasteiger partial charge in [-0.1, -0.05) is 17.7 Å². The largest absolute Gasteiger partial charge is 0.346 e. The first-order valence-corrected chi connectivity index (χ1v) is 6.70. The van der Waals surface area contributed by atoms with Crippen molar-refractivity contribution in [1.29, 1.82) is 0 Å². The van der Waals surface area contributed by atoms with Crippen molar-refractivity contribution in [2.75, 3.05) is 0 Å². The highest BCUT2D eigenvalue weighted by Gasteiger charge is 2.09. The lowest BCUT2D eigenvalue weighted by Gasteiger charge is -2.07. The van der Waals surface area contributed by atoms with Crippen LogP contribution < -0.4 is 5.32 Å². The molecule has 1 aromatic heterocycles. The van der Waals surface area contributed by atoms with Crippen LogP contribution in [0.4, 0.5) is 0 Å². The summed E-state index contributed by atoms with van der Waals surface area (Å²) in [6.45, 7) is 6.42. The quantitative estimate of drug-likeness (QED) is 0.921. The van der Waals surface area contributed by atoms with E-state index >= 15 is 0 Å². The highest BCUT2D eigenvalue weighted by atomic mass is 32.1. The van der Waals surface area contributed by atoms with Crippen LogP contribution >= 0.6 is 11.3 Å². The van der Waals surface area contributed by atoms with Gasteiger partial charge in [0.25, 0.3) is 5.91 Å². The minimum Gasteiger partial charge on any atom is -0.346 e. The van der Waals surface area contributed by atoms with E-state index in [0.29, 0.717) is 6.54 Å². The van der Waals surface area contributed by atoms with Crippen LogP contribution in [0, 0.1) is 20.8 Å². The molecule has 0 bridgehead atoms. The van der Waals surface area contributed by atoms with Gasteiger partial charge in [-0.15, -0.1) is 11.3 Å². The molecule has 0 fully saturated rings. The van der Waals surface area contributed by atoms with Crippen molar-refractivity contribution >= 4 is 17.2 Å². The maximum absolute atomic E-state index is 12.0. The minimum absolute atomic E-state index is 0.0413. The van der Waals surface area contributed by atoms with E-state index in [4.69, 9.17) is 0 Å². The lowest BCUT2D eigenvalue weighted by atomic mass is 10.1. The molecule has 1 aromatic carbocycles. The van der Waals surface area contributed by atoms with Crippen LogP contribution in [0.5, 0.6) is 0 Å². The van der Waals surface area contributed by atoms with Gasteiger partial charge in [-0.3, -0.25) is 4.79 Å². The third-order valence-corrected chi connectivity index (χ3v) is 3.66. The number of hydrogen-bond acceptors (Lipinski definition) is 3. The van der Waals surface area contributed by atoms with Gasteiger partial charge < -0.3 is 5.32 Å². The fourth-order valence-electron chi connectivity index (χ4n) is 1.80. The number of carbonyl (C=O) groups is 1. The number of amides is 1. The summed E-state index contributed by atoms with van der Waals surface area (Å²) in [6, 6.07) is 5.84. The van der Waals surface area contributed by atoms with E-state index < -0.39 is 0 Å². The molecule has 0 aliphatic carbocycles. The highest BCUT2D eigenvalue weighted by Crippen LogP contribution is 2.12. The van der Waals surface area contributed by atoms with E-state index in [1.54, 1.807) is 11.3 Å². The second-order valence-electron chi connectivity index (χ2n) is 4.38. The van der Waals surface area contributed by atoms with Crippen molar-refractivity contribution in [1.82, 2.24) is 10.3 Å². The zero-order valence-electron chi connectivity index (χ0n) is 10.8. The van der Waals surface area contributed by atoms with Gasteiger partial charge in [0.05, 0.1) is 6.54 Å². The molecule has 18 heavy (non-hydrogen) atoms. The predicted octanol–water partition coefficient (Wildman–Crippen LogP) is 3.00. The maximum atomic E-state index is 12.0. The predicted molar refractivity (Wildman–Crippen MR) is 73.9 cm³/mol. The number of thiazole rings is 1. The topological polar surface area (TPSA) is 42.0 Å². The third kappa shape index (κ3) is 2.96. The average molecular weight is 260 g/mol. The van der Waals surface area contributed by atoms with Gasteiger partial charge >= 0.3 is 0 Å². The number of rotatable bonds is 3. The monoisotopic (exact) mass is 260 g/mol. The van der Waals surface area contributed by atoms with E-state index in [0.717, 1.165) is 21.8 Å². The summed E-state index contributed by atoms with van der Waals surface area (Å²) < 4.78 is 0. The maximum Gasteiger partial charge on any atom is 0.251 e. The minimum atomic E-state index is -0.0413. The Kier molecular flexibility index (Phi) is 3.77. The van der Waals surface area contributed by atoms with E-state index in [2.05, 4.69) is 10.3 Å². The average Bonchev–Trinajstić information content (AvgIpc) is 2.72. The second kappa shape index (κ2) is 5.31. The zero-order valence-corrected chi connectivity index (χ0v) is 11.6. The van der Waals surface area contributed by atoms with Crippen LogP contribution in [0.1, 0.15) is 32.2 Å². The fourth-order valence-corrected chi connectivity index (χ4v) is 2.51. The van der Waals surface area contributed by atoms with Crippen molar-refractivity contribution in [2.24, 2.45) is 0 Å². The molecule has 0 atom stereocenters. The normalized spacial score (nSPS) is 10.4. The number of nitrogens with zero attached hydrogens (tertiary/aromatic N) is 1. The third-order valence-electron chi connectivity index (χ3n) is 2.69. The lowest BCUT2D eigenvalue weighted by Crippen LogP contribution is -2.23. The van der Waals surface area contributed by atoms with Gasteiger partial charge in [-0.2, -0.15) is 0 Å². The van der Waals surface area contributed by atoms with Crippen molar-refractivity contribution in [3.8, 4) is 0 Å². The van der Waals surface area contributed by atoms with Crippen LogP contribution in [0.2, 0.25) is 0 Å². The first-order valence-electron chi connectivity index (χ1n) is 5.82. The number of aromatic nitrogens is 1. The van der Waals surface area contributed by atoms with Crippen molar-refractivity contribution in [2.45, 2.75) is 27.3 Å². The smallest absolute Gasteiger partial charge is 0.251 e. The number of aryl methyl sites for hydroxylation is 3. The molecule has 0 saturated carbocycles. The van der Waals surface area contributed by atoms with E-state index in [-0.39, 0.29) is 5.91 Å². The standard InChI is InChI=1S/C14H16N2OS/c1-9-4-5-12(10(2)6-9)14(17)15-7-13-16-11(3)8-18-13/h4-6,8H,7H2,1-3H3,(H,15,17). The Bertz CT molecular complexity index is 575. The summed E-state index contributed by atoms with van der Waals surface area (Å²) in [4.78, 5) is 16.3. The molecule has 0 aliphatic rings. The highest BCUT2D eigenvalue weighted by molar-refractivity contribution is 7.09. The van der Waals surface area contributed by atoms with Crippen LogP contribution in [0.3, 0.4) is 0 Å². The summed E-state index contributed by atoms with van der Waals surface area (Å²) in [6.07, 6.45) is 0. The second-order valence-corrected chi connectivity index (χ2v) is 5.33. The number of carbonyl (C=O) groups excluding carboxylic acids is 1. The van der Waals surface area contributed by atoms with Crippen molar-refractivity contribution < 1.29 is 4.79 Å². The molecule has 3 nitrogen and oxygen atoms in total. The summed E-state index contributed by atoms with van der Waals surface area (Å²) >= 11 is 1.57. The summed E-state index contributed by atoms with van der Waals surface area (Å²) in [7, 11) is 0. The Labute approximate surface area is 111 Å². The molecule has 0 spiro atoms. The van der Waals surface area contributed by atoms with Gasteiger partial charge in [0, 0.05) is 16.6 Å². The summed E-state index contributed by atoms with van der Waals surface area (Å²) in [5.41, 5.74) is 3.90. The molecule has 0 saturated heterocycles. The number of nitrogens with one attached hydrogen (secondary N) is 1. The molecule has 0 aliphatic heterocycles. The van der Waals surface area contributed by atoms with Crippen LogP contribution in [-0.4, -0.2) is 10.9 Å². The number of benzene rings is 1. The Morgan fingerprint density at radius 2 is 2.11 bits per heavy atom. The van der Waals surface area contributed by atoms with E-state index in [1.165, 1.54) is 5.56 Å². The molecule has 1 amide bonds. The van der Waals surface area contributed by atoms with Crippen LogP contribution in [-0.2, 0) is 6.54 Å². The van der Waals surface area contributed by atoms with Crippen LogP contribution in [0.15, 0.2) is 23.6 Å². The fraction of sp³-hybridized carbons (Fsp3) is 0.286. The molecule has 0 unspecified atom stereocenters. The van der Waals surface area contributed by atoms with E-state index in [9.17, 15) is 4.79 Å². The first-order chi connectivity index (χ1) is 8.56. The van der Waals surface area contributed by atoms with Gasteiger partial charge in [0.2, 0.25) is 0 Å². The number of hydrogen-bond donors (Lipinski definition) is 1. The van der Waals surface area contributed by atoms with Gasteiger partial charge in [0.15, 0.2) is 0 Å². The molecule has 4 heteroatoms. The molecular formula is C14H16N2OS. The lowest BCUT2D eigenvalue weighted by molar-refractivity contribution is 0.0950. The summed E-state index contributed by atoms with van der Waals surface area (Å²) in [5, 5.41) is 5.82. The first kappa shape index (κ1) is 12.8. The molecule has 1 N–H and O–H groups in total. The molecular weight excluding hydrogens is 244 g/mol. The van der Waals surface area contributed by atoms with Crippen molar-refractivity contribution in [3.05, 3.63) is 51.0 Å². The Morgan fingerprint density at radius 1 is 1.33 bits per heavy atom. The molecule has 0 radical (unpaired) electrons. The molecule has 2 rings (SSSR count). The Hall–Kier alpha value is -1.68. The van der Waals surface area contributed by atoms with Crippen molar-refractivity contribution in [3.63, 3.8) is 0 Å². The molecule has 2 aromatic rings. The zero-order chi connectivity index (χ0) is 13.1. The molecule has 94 valence electrons. The summed E-state index contributed by atoms with van der Waals surface area (Å²) in [5.74, 6) is -0.0413.